The zero-order valence-corrected chi connectivity index (χ0v) is 19.2. The predicted octanol–water partition coefficient (Wildman–Crippen LogP) is 4.42. The topological polar surface area (TPSA) is 85.7 Å². The predicted molar refractivity (Wildman–Crippen MR) is 122 cm³/mol. The number of esters is 1. The summed E-state index contributed by atoms with van der Waals surface area (Å²) in [6.45, 7) is 2.51. The van der Waals surface area contributed by atoms with Crippen LogP contribution in [0, 0.1) is 13.8 Å². The second kappa shape index (κ2) is 8.84. The number of hydrogen-bond acceptors (Lipinski definition) is 5. The minimum atomic E-state index is -0.851. The molecule has 0 N–H and O–H groups in total. The molecule has 2 amide bonds. The van der Waals surface area contributed by atoms with Crippen LogP contribution in [0.1, 0.15) is 42.5 Å². The number of amides is 2. The van der Waals surface area contributed by atoms with Gasteiger partial charge in [0.05, 0.1) is 21.2 Å². The summed E-state index contributed by atoms with van der Waals surface area (Å²) in [5, 5.41) is 0.806. The first-order chi connectivity index (χ1) is 15.7. The van der Waals surface area contributed by atoms with Crippen molar-refractivity contribution in [1.29, 1.82) is 0 Å². The van der Waals surface area contributed by atoms with E-state index in [1.807, 2.05) is 11.5 Å². The summed E-state index contributed by atoms with van der Waals surface area (Å²) in [7, 11) is 0. The van der Waals surface area contributed by atoms with E-state index in [-0.39, 0.29) is 11.1 Å². The van der Waals surface area contributed by atoms with Gasteiger partial charge in [-0.15, -0.1) is 0 Å². The fourth-order valence-electron chi connectivity index (χ4n) is 3.85. The first-order valence-corrected chi connectivity index (χ1v) is 10.7. The average Bonchev–Trinajstić information content (AvgIpc) is 3.22. The summed E-state index contributed by atoms with van der Waals surface area (Å²) < 4.78 is 6.92. The van der Waals surface area contributed by atoms with Crippen LogP contribution in [0.15, 0.2) is 48.5 Å². The number of carbonyl (C=O) groups is 4. The number of nitrogens with zero attached hydrogens (tertiary/aromatic N) is 2. The van der Waals surface area contributed by atoms with Crippen molar-refractivity contribution in [2.45, 2.75) is 13.8 Å². The number of ether oxygens (including phenoxy) is 1. The minimum absolute atomic E-state index is 0.237. The lowest BCUT2D eigenvalue weighted by Gasteiger charge is -2.13. The number of rotatable bonds is 6. The molecule has 0 radical (unpaired) electrons. The lowest BCUT2D eigenvalue weighted by Crippen LogP contribution is -2.36. The third-order valence-electron chi connectivity index (χ3n) is 5.42. The van der Waals surface area contributed by atoms with Gasteiger partial charge < -0.3 is 9.30 Å². The van der Waals surface area contributed by atoms with Gasteiger partial charge in [0, 0.05) is 22.6 Å². The van der Waals surface area contributed by atoms with Crippen molar-refractivity contribution < 1.29 is 23.9 Å². The van der Waals surface area contributed by atoms with Crippen molar-refractivity contribution in [3.63, 3.8) is 0 Å². The van der Waals surface area contributed by atoms with E-state index in [9.17, 15) is 19.2 Å². The number of aryl methyl sites for hydroxylation is 1. The molecular weight excluding hydrogens is 467 g/mol. The summed E-state index contributed by atoms with van der Waals surface area (Å²) in [5.74, 6) is -2.39. The van der Waals surface area contributed by atoms with E-state index in [2.05, 4.69) is 0 Å². The maximum atomic E-state index is 12.7. The number of aromatic nitrogens is 1. The van der Waals surface area contributed by atoms with E-state index in [0.29, 0.717) is 21.3 Å². The second-order valence-corrected chi connectivity index (χ2v) is 8.36. The van der Waals surface area contributed by atoms with E-state index in [1.54, 1.807) is 43.3 Å². The molecule has 1 aromatic heterocycles. The SMILES string of the molecule is Cc1cc(C(=O)COC(=O)CN2C(=O)c3ccccc3C2=O)c(C)n1-c1ccc(Cl)c(Cl)c1. The second-order valence-electron chi connectivity index (χ2n) is 7.54. The Bertz CT molecular complexity index is 1290. The van der Waals surface area contributed by atoms with Crippen LogP contribution in [0.5, 0.6) is 0 Å². The molecule has 9 heteroatoms. The molecule has 4 rings (SSSR count). The van der Waals surface area contributed by atoms with E-state index in [4.69, 9.17) is 27.9 Å². The maximum Gasteiger partial charge on any atom is 0.326 e. The fraction of sp³-hybridized carbons (Fsp3) is 0.167. The van der Waals surface area contributed by atoms with Crippen LogP contribution in [0.4, 0.5) is 0 Å². The number of ketones is 1. The number of hydrogen-bond donors (Lipinski definition) is 0. The summed E-state index contributed by atoms with van der Waals surface area (Å²) >= 11 is 12.1. The Kier molecular flexibility index (Phi) is 6.10. The number of fused-ring (bicyclic) bond motifs is 1. The molecule has 2 aromatic carbocycles. The molecule has 1 aliphatic rings. The standard InChI is InChI=1S/C24H18Cl2N2O5/c1-13-9-18(14(2)28(13)15-7-8-19(25)20(26)10-15)21(29)12-33-22(30)11-27-23(31)16-5-3-4-6-17(16)24(27)32/h3-10H,11-12H2,1-2H3. The molecule has 0 saturated carbocycles. The van der Waals surface area contributed by atoms with Gasteiger partial charge in [0.1, 0.15) is 6.54 Å². The van der Waals surface area contributed by atoms with Crippen molar-refractivity contribution in [1.82, 2.24) is 9.47 Å². The van der Waals surface area contributed by atoms with Crippen LogP contribution in [-0.4, -0.2) is 46.2 Å². The highest BCUT2D eigenvalue weighted by Crippen LogP contribution is 2.28. The molecule has 33 heavy (non-hydrogen) atoms. The Labute approximate surface area is 199 Å². The fourth-order valence-corrected chi connectivity index (χ4v) is 4.14. The van der Waals surface area contributed by atoms with Crippen molar-refractivity contribution >= 4 is 46.8 Å². The summed E-state index contributed by atoms with van der Waals surface area (Å²) in [5.41, 5.74) is 3.02. The molecule has 0 spiro atoms. The molecule has 0 atom stereocenters. The molecule has 0 fully saturated rings. The molecule has 0 unspecified atom stereocenters. The van der Waals surface area contributed by atoms with Gasteiger partial charge >= 0.3 is 5.97 Å². The maximum absolute atomic E-state index is 12.7. The van der Waals surface area contributed by atoms with E-state index in [0.717, 1.165) is 16.3 Å². The van der Waals surface area contributed by atoms with Gasteiger partial charge in [0.25, 0.3) is 11.8 Å². The summed E-state index contributed by atoms with van der Waals surface area (Å²) in [4.78, 5) is 50.6. The summed E-state index contributed by atoms with van der Waals surface area (Å²) in [6, 6.07) is 13.2. The van der Waals surface area contributed by atoms with Gasteiger partial charge in [-0.3, -0.25) is 24.1 Å². The normalized spacial score (nSPS) is 12.8. The smallest absolute Gasteiger partial charge is 0.326 e. The van der Waals surface area contributed by atoms with Crippen molar-refractivity contribution in [2.75, 3.05) is 13.2 Å². The average molecular weight is 485 g/mol. The lowest BCUT2D eigenvalue weighted by molar-refractivity contribution is -0.142. The first kappa shape index (κ1) is 22.8. The van der Waals surface area contributed by atoms with E-state index < -0.39 is 36.7 Å². The highest BCUT2D eigenvalue weighted by Gasteiger charge is 2.36. The molecule has 3 aromatic rings. The Balaban J connectivity index is 1.43. The molecule has 0 aliphatic carbocycles. The molecule has 0 bridgehead atoms. The number of imide groups is 1. The molecule has 7 nitrogen and oxygen atoms in total. The number of benzene rings is 2. The zero-order valence-electron chi connectivity index (χ0n) is 17.7. The van der Waals surface area contributed by atoms with E-state index >= 15 is 0 Å². The first-order valence-electron chi connectivity index (χ1n) is 9.97. The lowest BCUT2D eigenvalue weighted by atomic mass is 10.1. The molecule has 168 valence electrons. The van der Waals surface area contributed by atoms with E-state index in [1.165, 1.54) is 12.1 Å². The van der Waals surface area contributed by atoms with Crippen LogP contribution >= 0.6 is 23.2 Å². The number of carbonyl (C=O) groups excluding carboxylic acids is 4. The highest BCUT2D eigenvalue weighted by atomic mass is 35.5. The Morgan fingerprint density at radius 1 is 0.909 bits per heavy atom. The van der Waals surface area contributed by atoms with Crippen molar-refractivity contribution in [3.8, 4) is 5.69 Å². The van der Waals surface area contributed by atoms with Gasteiger partial charge in [0.2, 0.25) is 5.78 Å². The Morgan fingerprint density at radius 3 is 2.15 bits per heavy atom. The van der Waals surface area contributed by atoms with Crippen molar-refractivity contribution in [2.24, 2.45) is 0 Å². The van der Waals surface area contributed by atoms with Gasteiger partial charge in [0.15, 0.2) is 6.61 Å². The quantitative estimate of drug-likeness (QED) is 0.293. The van der Waals surface area contributed by atoms with Gasteiger partial charge in [-0.2, -0.15) is 0 Å². The number of halogens is 2. The van der Waals surface area contributed by atoms with Gasteiger partial charge in [-0.05, 0) is 50.2 Å². The Morgan fingerprint density at radius 2 is 1.55 bits per heavy atom. The summed E-state index contributed by atoms with van der Waals surface area (Å²) in [6.07, 6.45) is 0. The Hall–Kier alpha value is -3.42. The van der Waals surface area contributed by atoms with Crippen LogP contribution in [0.2, 0.25) is 10.0 Å². The third kappa shape index (κ3) is 4.17. The van der Waals surface area contributed by atoms with Crippen LogP contribution in [-0.2, 0) is 9.53 Å². The van der Waals surface area contributed by atoms with Crippen LogP contribution in [0.25, 0.3) is 5.69 Å². The third-order valence-corrected chi connectivity index (χ3v) is 6.16. The van der Waals surface area contributed by atoms with Gasteiger partial charge in [-0.1, -0.05) is 35.3 Å². The minimum Gasteiger partial charge on any atom is -0.456 e. The molecular formula is C24H18Cl2N2O5. The van der Waals surface area contributed by atoms with Gasteiger partial charge in [-0.25, -0.2) is 0 Å². The van der Waals surface area contributed by atoms with Crippen LogP contribution in [0.3, 0.4) is 0 Å². The zero-order chi connectivity index (χ0) is 23.9. The largest absolute Gasteiger partial charge is 0.456 e. The number of Topliss-reactive ketones (excluding diaryl/α,β-unsaturated/α-hetero) is 1. The monoisotopic (exact) mass is 484 g/mol. The van der Waals surface area contributed by atoms with Crippen LogP contribution < -0.4 is 0 Å². The molecule has 1 aliphatic heterocycles. The van der Waals surface area contributed by atoms with Crippen molar-refractivity contribution in [3.05, 3.63) is 86.7 Å². The molecule has 2 heterocycles. The highest BCUT2D eigenvalue weighted by molar-refractivity contribution is 6.42. The molecule has 0 saturated heterocycles.